The van der Waals surface area contributed by atoms with Crippen molar-refractivity contribution in [2.45, 2.75) is 19.4 Å². The van der Waals surface area contributed by atoms with E-state index in [0.717, 1.165) is 33.5 Å². The van der Waals surface area contributed by atoms with Crippen LogP contribution in [-0.2, 0) is 7.05 Å². The molecular weight excluding hydrogens is 336 g/mol. The van der Waals surface area contributed by atoms with Crippen LogP contribution in [0.5, 0.6) is 0 Å². The van der Waals surface area contributed by atoms with Gasteiger partial charge in [-0.3, -0.25) is 4.68 Å². The lowest BCUT2D eigenvalue weighted by Crippen LogP contribution is -2.14. The number of nitrogens with zero attached hydrogens (tertiary/aromatic N) is 4. The standard InChI is InChI=1S/C22H20N4O/c1-22(2,27)12-10-18-5-4-13-26-21(18)19(15-23-26)16-6-8-17(9-7-16)20-11-14-25(3)24-20/h4-9,11,13-15,27H,1-3H3. The summed E-state index contributed by atoms with van der Waals surface area (Å²) in [7, 11) is 1.91. The van der Waals surface area contributed by atoms with Gasteiger partial charge < -0.3 is 5.11 Å². The van der Waals surface area contributed by atoms with Gasteiger partial charge >= 0.3 is 0 Å². The molecule has 0 bridgehead atoms. The Morgan fingerprint density at radius 3 is 2.41 bits per heavy atom. The van der Waals surface area contributed by atoms with Crippen LogP contribution >= 0.6 is 0 Å². The highest BCUT2D eigenvalue weighted by molar-refractivity contribution is 5.85. The highest BCUT2D eigenvalue weighted by Gasteiger charge is 2.12. The summed E-state index contributed by atoms with van der Waals surface area (Å²) in [5.74, 6) is 5.98. The minimum Gasteiger partial charge on any atom is -0.378 e. The van der Waals surface area contributed by atoms with E-state index in [9.17, 15) is 5.11 Å². The van der Waals surface area contributed by atoms with Crippen molar-refractivity contribution >= 4 is 5.52 Å². The Kier molecular flexibility index (Phi) is 4.06. The zero-order chi connectivity index (χ0) is 19.0. The van der Waals surface area contributed by atoms with E-state index in [1.165, 1.54) is 0 Å². The van der Waals surface area contributed by atoms with Gasteiger partial charge in [-0.15, -0.1) is 0 Å². The van der Waals surface area contributed by atoms with Gasteiger partial charge in [-0.2, -0.15) is 10.2 Å². The van der Waals surface area contributed by atoms with Crippen molar-refractivity contribution in [3.05, 3.63) is 66.6 Å². The first kappa shape index (κ1) is 17.1. The number of aryl methyl sites for hydroxylation is 1. The Labute approximate surface area is 157 Å². The summed E-state index contributed by atoms with van der Waals surface area (Å²) in [4.78, 5) is 0. The van der Waals surface area contributed by atoms with Crippen LogP contribution in [0.25, 0.3) is 27.9 Å². The highest BCUT2D eigenvalue weighted by atomic mass is 16.3. The summed E-state index contributed by atoms with van der Waals surface area (Å²) in [5, 5.41) is 18.8. The molecule has 1 aromatic carbocycles. The molecule has 0 aliphatic heterocycles. The number of hydrogen-bond donors (Lipinski definition) is 1. The number of rotatable bonds is 2. The largest absolute Gasteiger partial charge is 0.378 e. The molecule has 0 fully saturated rings. The minimum absolute atomic E-state index is 0.834. The van der Waals surface area contributed by atoms with Gasteiger partial charge in [0.15, 0.2) is 0 Å². The Balaban J connectivity index is 1.79. The lowest BCUT2D eigenvalue weighted by Gasteiger charge is -2.07. The second kappa shape index (κ2) is 6.42. The van der Waals surface area contributed by atoms with Crippen LogP contribution < -0.4 is 0 Å². The average molecular weight is 356 g/mol. The molecule has 0 spiro atoms. The van der Waals surface area contributed by atoms with Gasteiger partial charge in [-0.25, -0.2) is 4.52 Å². The molecule has 3 heterocycles. The molecule has 5 heteroatoms. The van der Waals surface area contributed by atoms with Crippen molar-refractivity contribution in [2.75, 3.05) is 0 Å². The van der Waals surface area contributed by atoms with Crippen LogP contribution in [0.15, 0.2) is 61.1 Å². The molecule has 0 amide bonds. The predicted octanol–water partition coefficient (Wildman–Crippen LogP) is 3.52. The van der Waals surface area contributed by atoms with Crippen molar-refractivity contribution in [1.29, 1.82) is 0 Å². The summed E-state index contributed by atoms with van der Waals surface area (Å²) < 4.78 is 3.61. The third-order valence-electron chi connectivity index (χ3n) is 4.25. The van der Waals surface area contributed by atoms with E-state index in [0.29, 0.717) is 0 Å². The normalized spacial score (nSPS) is 11.4. The smallest absolute Gasteiger partial charge is 0.120 e. The number of hydrogen-bond acceptors (Lipinski definition) is 3. The molecule has 0 aliphatic carbocycles. The van der Waals surface area contributed by atoms with Crippen molar-refractivity contribution < 1.29 is 5.11 Å². The van der Waals surface area contributed by atoms with E-state index in [2.05, 4.69) is 46.3 Å². The minimum atomic E-state index is -1.04. The zero-order valence-corrected chi connectivity index (χ0v) is 15.5. The summed E-state index contributed by atoms with van der Waals surface area (Å²) >= 11 is 0. The summed E-state index contributed by atoms with van der Waals surface area (Å²) in [5.41, 5.74) is 4.79. The van der Waals surface area contributed by atoms with Crippen molar-refractivity contribution in [3.8, 4) is 34.2 Å². The third-order valence-corrected chi connectivity index (χ3v) is 4.25. The van der Waals surface area contributed by atoms with Gasteiger partial charge in [-0.1, -0.05) is 36.1 Å². The number of aliphatic hydroxyl groups is 1. The molecule has 1 N–H and O–H groups in total. The topological polar surface area (TPSA) is 55.4 Å². The summed E-state index contributed by atoms with van der Waals surface area (Å²) in [6.07, 6.45) is 5.68. The summed E-state index contributed by atoms with van der Waals surface area (Å²) in [6.45, 7) is 3.35. The Morgan fingerprint density at radius 1 is 1.00 bits per heavy atom. The molecule has 4 aromatic rings. The third kappa shape index (κ3) is 3.48. The average Bonchev–Trinajstić information content (AvgIpc) is 3.26. The van der Waals surface area contributed by atoms with Crippen LogP contribution in [-0.4, -0.2) is 30.1 Å². The maximum absolute atomic E-state index is 9.92. The molecule has 4 rings (SSSR count). The molecule has 0 saturated carbocycles. The van der Waals surface area contributed by atoms with E-state index in [-0.39, 0.29) is 0 Å². The second-order valence-corrected chi connectivity index (χ2v) is 7.03. The van der Waals surface area contributed by atoms with Gasteiger partial charge in [0.05, 0.1) is 23.0 Å². The van der Waals surface area contributed by atoms with Gasteiger partial charge in [0, 0.05) is 30.6 Å². The molecular formula is C22H20N4O. The van der Waals surface area contributed by atoms with Crippen LogP contribution in [0, 0.1) is 11.8 Å². The quantitative estimate of drug-likeness (QED) is 0.559. The van der Waals surface area contributed by atoms with Gasteiger partial charge in [0.25, 0.3) is 0 Å². The van der Waals surface area contributed by atoms with E-state index in [4.69, 9.17) is 0 Å². The fourth-order valence-corrected chi connectivity index (χ4v) is 2.97. The molecule has 5 nitrogen and oxygen atoms in total. The molecule has 27 heavy (non-hydrogen) atoms. The SMILES string of the molecule is Cn1ccc(-c2ccc(-c3cnn4cccc(C#CC(C)(C)O)c34)cc2)n1. The van der Waals surface area contributed by atoms with E-state index < -0.39 is 5.60 Å². The molecule has 0 unspecified atom stereocenters. The first-order valence-electron chi connectivity index (χ1n) is 8.73. The van der Waals surface area contributed by atoms with E-state index in [1.807, 2.05) is 48.4 Å². The van der Waals surface area contributed by atoms with Crippen LogP contribution in [0.2, 0.25) is 0 Å². The molecule has 0 saturated heterocycles. The van der Waals surface area contributed by atoms with Crippen molar-refractivity contribution in [3.63, 3.8) is 0 Å². The maximum atomic E-state index is 9.92. The zero-order valence-electron chi connectivity index (χ0n) is 15.5. The number of aromatic nitrogens is 4. The van der Waals surface area contributed by atoms with E-state index in [1.54, 1.807) is 18.5 Å². The molecule has 0 radical (unpaired) electrons. The predicted molar refractivity (Wildman–Crippen MR) is 106 cm³/mol. The van der Waals surface area contributed by atoms with Crippen molar-refractivity contribution in [1.82, 2.24) is 19.4 Å². The maximum Gasteiger partial charge on any atom is 0.120 e. The molecule has 0 atom stereocenters. The summed E-state index contributed by atoms with van der Waals surface area (Å²) in [6, 6.07) is 14.1. The lowest BCUT2D eigenvalue weighted by atomic mass is 10.0. The Morgan fingerprint density at radius 2 is 1.74 bits per heavy atom. The fraction of sp³-hybridized carbons (Fsp3) is 0.182. The molecule has 0 aliphatic rings. The first-order valence-corrected chi connectivity index (χ1v) is 8.73. The van der Waals surface area contributed by atoms with Crippen LogP contribution in [0.3, 0.4) is 0 Å². The molecule has 3 aromatic heterocycles. The fourth-order valence-electron chi connectivity index (χ4n) is 2.97. The van der Waals surface area contributed by atoms with Gasteiger partial charge in [-0.05, 0) is 37.6 Å². The van der Waals surface area contributed by atoms with E-state index >= 15 is 0 Å². The lowest BCUT2D eigenvalue weighted by molar-refractivity contribution is 0.143. The van der Waals surface area contributed by atoms with Crippen LogP contribution in [0.4, 0.5) is 0 Å². The number of fused-ring (bicyclic) bond motifs is 1. The van der Waals surface area contributed by atoms with Crippen LogP contribution in [0.1, 0.15) is 19.4 Å². The van der Waals surface area contributed by atoms with Crippen molar-refractivity contribution in [2.24, 2.45) is 7.05 Å². The number of pyridine rings is 1. The number of benzene rings is 1. The Bertz CT molecular complexity index is 1160. The highest BCUT2D eigenvalue weighted by Crippen LogP contribution is 2.29. The monoisotopic (exact) mass is 356 g/mol. The first-order chi connectivity index (χ1) is 12.9. The second-order valence-electron chi connectivity index (χ2n) is 7.03. The Hall–Kier alpha value is -3.36. The van der Waals surface area contributed by atoms with Gasteiger partial charge in [0.2, 0.25) is 0 Å². The van der Waals surface area contributed by atoms with Gasteiger partial charge in [0.1, 0.15) is 5.60 Å². The molecule has 134 valence electrons.